The maximum absolute atomic E-state index is 11.9. The first kappa shape index (κ1) is 11.1. The standard InChI is InChI=1S/C14H16O2/c1-6-7(2)9(4)12-11(8(6)3)10(5)13(15)14(12)16/h10H,1-5H3. The molecule has 1 atom stereocenters. The predicted octanol–water partition coefficient (Wildman–Crippen LogP) is 2.79. The minimum Gasteiger partial charge on any atom is -0.290 e. The molecular weight excluding hydrogens is 200 g/mol. The lowest BCUT2D eigenvalue weighted by Gasteiger charge is -2.15. The Hall–Kier alpha value is -1.44. The van der Waals surface area contributed by atoms with Crippen LogP contribution in [-0.2, 0) is 4.79 Å². The van der Waals surface area contributed by atoms with Crippen LogP contribution >= 0.6 is 0 Å². The van der Waals surface area contributed by atoms with Gasteiger partial charge in [-0.1, -0.05) is 6.92 Å². The molecule has 1 aromatic carbocycles. The summed E-state index contributed by atoms with van der Waals surface area (Å²) in [5, 5.41) is 0. The van der Waals surface area contributed by atoms with Crippen LogP contribution in [0.25, 0.3) is 0 Å². The maximum atomic E-state index is 11.9. The first-order valence-corrected chi connectivity index (χ1v) is 5.56. The zero-order valence-electron chi connectivity index (χ0n) is 10.4. The Morgan fingerprint density at radius 1 is 0.812 bits per heavy atom. The van der Waals surface area contributed by atoms with Crippen molar-refractivity contribution in [2.75, 3.05) is 0 Å². The minimum atomic E-state index is -0.300. The first-order valence-electron chi connectivity index (χ1n) is 5.56. The van der Waals surface area contributed by atoms with Crippen LogP contribution in [0.1, 0.15) is 51.0 Å². The van der Waals surface area contributed by atoms with Gasteiger partial charge in [0.25, 0.3) is 0 Å². The van der Waals surface area contributed by atoms with E-state index in [0.717, 1.165) is 22.3 Å². The van der Waals surface area contributed by atoms with Crippen molar-refractivity contribution in [3.63, 3.8) is 0 Å². The van der Waals surface area contributed by atoms with E-state index in [0.29, 0.717) is 5.56 Å². The Labute approximate surface area is 95.7 Å². The van der Waals surface area contributed by atoms with Gasteiger partial charge in [0.15, 0.2) is 0 Å². The number of ketones is 2. The lowest BCUT2D eigenvalue weighted by atomic mass is 9.88. The molecule has 16 heavy (non-hydrogen) atoms. The van der Waals surface area contributed by atoms with E-state index in [1.54, 1.807) is 0 Å². The summed E-state index contributed by atoms with van der Waals surface area (Å²) < 4.78 is 0. The van der Waals surface area contributed by atoms with Crippen molar-refractivity contribution >= 4 is 11.6 Å². The smallest absolute Gasteiger partial charge is 0.229 e. The van der Waals surface area contributed by atoms with Gasteiger partial charge in [0.1, 0.15) is 0 Å². The normalized spacial score (nSPS) is 19.2. The Balaban J connectivity index is 2.91. The van der Waals surface area contributed by atoms with Crippen molar-refractivity contribution in [1.82, 2.24) is 0 Å². The van der Waals surface area contributed by atoms with Gasteiger partial charge in [-0.15, -0.1) is 0 Å². The van der Waals surface area contributed by atoms with Gasteiger partial charge in [-0.2, -0.15) is 0 Å². The second-order valence-electron chi connectivity index (χ2n) is 4.70. The van der Waals surface area contributed by atoms with Crippen LogP contribution < -0.4 is 0 Å². The first-order chi connectivity index (χ1) is 7.37. The Kier molecular flexibility index (Phi) is 2.26. The lowest BCUT2D eigenvalue weighted by molar-refractivity contribution is -0.115. The van der Waals surface area contributed by atoms with Crippen LogP contribution in [0.3, 0.4) is 0 Å². The highest BCUT2D eigenvalue weighted by molar-refractivity contribution is 6.49. The minimum absolute atomic E-state index is 0.258. The molecule has 0 saturated carbocycles. The summed E-state index contributed by atoms with van der Waals surface area (Å²) in [6.45, 7) is 9.83. The van der Waals surface area contributed by atoms with E-state index < -0.39 is 0 Å². The van der Waals surface area contributed by atoms with Crippen LogP contribution in [0, 0.1) is 27.7 Å². The summed E-state index contributed by atoms with van der Waals surface area (Å²) in [4.78, 5) is 23.6. The molecule has 0 N–H and O–H groups in total. The van der Waals surface area contributed by atoms with Crippen LogP contribution in [0.15, 0.2) is 0 Å². The van der Waals surface area contributed by atoms with Gasteiger partial charge in [0.05, 0.1) is 0 Å². The zero-order chi connectivity index (χ0) is 12.2. The number of hydrogen-bond donors (Lipinski definition) is 0. The largest absolute Gasteiger partial charge is 0.290 e. The van der Waals surface area contributed by atoms with E-state index in [1.807, 2.05) is 27.7 Å². The molecule has 0 saturated heterocycles. The number of hydrogen-bond acceptors (Lipinski definition) is 2. The van der Waals surface area contributed by atoms with Gasteiger partial charge in [-0.05, 0) is 55.5 Å². The fraction of sp³-hybridized carbons (Fsp3) is 0.429. The van der Waals surface area contributed by atoms with E-state index in [-0.39, 0.29) is 17.5 Å². The van der Waals surface area contributed by atoms with Crippen molar-refractivity contribution in [3.05, 3.63) is 33.4 Å². The molecule has 0 heterocycles. The van der Waals surface area contributed by atoms with Crippen molar-refractivity contribution in [2.45, 2.75) is 40.5 Å². The third-order valence-corrected chi connectivity index (χ3v) is 4.01. The third kappa shape index (κ3) is 1.13. The maximum Gasteiger partial charge on any atom is 0.229 e. The highest BCUT2D eigenvalue weighted by Gasteiger charge is 2.38. The Morgan fingerprint density at radius 3 is 1.88 bits per heavy atom. The highest BCUT2D eigenvalue weighted by atomic mass is 16.2. The van der Waals surface area contributed by atoms with Crippen LogP contribution in [0.5, 0.6) is 0 Å². The van der Waals surface area contributed by atoms with E-state index >= 15 is 0 Å². The average molecular weight is 216 g/mol. The number of Topliss-reactive ketones (excluding diaryl/α,β-unsaturated/α-hetero) is 2. The number of carbonyl (C=O) groups is 2. The van der Waals surface area contributed by atoms with E-state index in [4.69, 9.17) is 0 Å². The molecule has 2 rings (SSSR count). The second kappa shape index (κ2) is 3.27. The van der Waals surface area contributed by atoms with Crippen LogP contribution in [0.4, 0.5) is 0 Å². The van der Waals surface area contributed by atoms with Gasteiger partial charge in [0, 0.05) is 11.5 Å². The van der Waals surface area contributed by atoms with Gasteiger partial charge in [0.2, 0.25) is 11.6 Å². The number of benzene rings is 1. The quantitative estimate of drug-likeness (QED) is 0.625. The summed E-state index contributed by atoms with van der Waals surface area (Å²) in [5.74, 6) is -0.821. The van der Waals surface area contributed by atoms with Gasteiger partial charge < -0.3 is 0 Å². The molecule has 1 unspecified atom stereocenters. The summed E-state index contributed by atoms with van der Waals surface area (Å²) in [5.41, 5.74) is 6.02. The van der Waals surface area contributed by atoms with Crippen molar-refractivity contribution in [1.29, 1.82) is 0 Å². The fourth-order valence-corrected chi connectivity index (χ4v) is 2.63. The summed E-state index contributed by atoms with van der Waals surface area (Å²) >= 11 is 0. The Morgan fingerprint density at radius 2 is 1.31 bits per heavy atom. The van der Waals surface area contributed by atoms with Crippen molar-refractivity contribution in [3.8, 4) is 0 Å². The lowest BCUT2D eigenvalue weighted by Crippen LogP contribution is -2.10. The molecule has 2 nitrogen and oxygen atoms in total. The molecular formula is C14H16O2. The molecule has 1 aliphatic rings. The molecule has 0 bridgehead atoms. The fourth-order valence-electron chi connectivity index (χ4n) is 2.63. The third-order valence-electron chi connectivity index (χ3n) is 4.01. The summed E-state index contributed by atoms with van der Waals surface area (Å²) in [6, 6.07) is 0. The molecule has 1 aromatic rings. The van der Waals surface area contributed by atoms with Gasteiger partial charge in [-0.25, -0.2) is 0 Å². The van der Waals surface area contributed by atoms with Crippen LogP contribution in [-0.4, -0.2) is 11.6 Å². The molecule has 0 aliphatic heterocycles. The van der Waals surface area contributed by atoms with Gasteiger partial charge in [-0.3, -0.25) is 9.59 Å². The molecule has 0 spiro atoms. The monoisotopic (exact) mass is 216 g/mol. The molecule has 1 aliphatic carbocycles. The number of carbonyl (C=O) groups excluding carboxylic acids is 2. The molecule has 0 fully saturated rings. The second-order valence-corrected chi connectivity index (χ2v) is 4.70. The molecule has 84 valence electrons. The summed E-state index contributed by atoms with van der Waals surface area (Å²) in [6.07, 6.45) is 0. The number of rotatable bonds is 0. The van der Waals surface area contributed by atoms with E-state index in [1.165, 1.54) is 5.56 Å². The van der Waals surface area contributed by atoms with Crippen LogP contribution in [0.2, 0.25) is 0 Å². The molecule has 0 aromatic heterocycles. The average Bonchev–Trinajstić information content (AvgIpc) is 2.48. The topological polar surface area (TPSA) is 34.1 Å². The predicted molar refractivity (Wildman–Crippen MR) is 63.1 cm³/mol. The number of fused-ring (bicyclic) bond motifs is 1. The SMILES string of the molecule is Cc1c(C)c(C)c2c(c1C)C(=O)C(=O)C2C. The van der Waals surface area contributed by atoms with E-state index in [9.17, 15) is 9.59 Å². The van der Waals surface area contributed by atoms with Crippen molar-refractivity contribution < 1.29 is 9.59 Å². The summed E-state index contributed by atoms with van der Waals surface area (Å²) in [7, 11) is 0. The molecule has 0 amide bonds. The van der Waals surface area contributed by atoms with Gasteiger partial charge >= 0.3 is 0 Å². The Bertz CT molecular complexity index is 524. The van der Waals surface area contributed by atoms with E-state index in [2.05, 4.69) is 6.92 Å². The highest BCUT2D eigenvalue weighted by Crippen LogP contribution is 2.37. The molecule has 0 radical (unpaired) electrons. The zero-order valence-corrected chi connectivity index (χ0v) is 10.4. The van der Waals surface area contributed by atoms with Crippen molar-refractivity contribution in [2.24, 2.45) is 0 Å². The molecule has 2 heteroatoms.